The van der Waals surface area contributed by atoms with Crippen LogP contribution in [0.3, 0.4) is 0 Å². The Morgan fingerprint density at radius 3 is 2.77 bits per heavy atom. The molecule has 3 aromatic rings. The minimum atomic E-state index is -0.371. The summed E-state index contributed by atoms with van der Waals surface area (Å²) in [6.07, 6.45) is 0. The maximum absolute atomic E-state index is 11.9. The van der Waals surface area contributed by atoms with Crippen molar-refractivity contribution in [2.24, 2.45) is 0 Å². The highest BCUT2D eigenvalue weighted by Crippen LogP contribution is 2.24. The summed E-state index contributed by atoms with van der Waals surface area (Å²) in [6.45, 7) is 0.177. The van der Waals surface area contributed by atoms with Crippen LogP contribution in [-0.2, 0) is 16.1 Å². The van der Waals surface area contributed by atoms with Gasteiger partial charge in [0.1, 0.15) is 18.1 Å². The van der Waals surface area contributed by atoms with E-state index in [1.807, 2.05) is 24.3 Å². The Morgan fingerprint density at radius 1 is 1.19 bits per heavy atom. The molecule has 0 aliphatic carbocycles. The number of methoxy groups -OCH3 is 1. The minimum Gasteiger partial charge on any atom is -0.497 e. The Bertz CT molecular complexity index is 883. The quantitative estimate of drug-likeness (QED) is 0.441. The van der Waals surface area contributed by atoms with Gasteiger partial charge >= 0.3 is 5.97 Å². The number of esters is 1. The first-order chi connectivity index (χ1) is 12.6. The van der Waals surface area contributed by atoms with Gasteiger partial charge in [0.25, 0.3) is 5.22 Å². The Labute approximate surface area is 159 Å². The van der Waals surface area contributed by atoms with Crippen LogP contribution in [-0.4, -0.2) is 29.0 Å². The molecule has 0 atom stereocenters. The molecule has 0 saturated carbocycles. The minimum absolute atomic E-state index is 0.0756. The van der Waals surface area contributed by atoms with Crippen LogP contribution in [0.5, 0.6) is 5.75 Å². The lowest BCUT2D eigenvalue weighted by Crippen LogP contribution is -2.07. The molecule has 1 heterocycles. The molecule has 0 fully saturated rings. The second kappa shape index (κ2) is 8.73. The molecule has 2 aromatic carbocycles. The molecule has 0 saturated heterocycles. The zero-order chi connectivity index (χ0) is 18.4. The summed E-state index contributed by atoms with van der Waals surface area (Å²) in [5, 5.41) is 8.80. The first kappa shape index (κ1) is 18.3. The molecule has 8 heteroatoms. The van der Waals surface area contributed by atoms with Gasteiger partial charge in [-0.3, -0.25) is 4.79 Å². The van der Waals surface area contributed by atoms with Gasteiger partial charge in [-0.15, -0.1) is 10.2 Å². The highest BCUT2D eigenvalue weighted by atomic mass is 35.5. The van der Waals surface area contributed by atoms with Gasteiger partial charge in [-0.25, -0.2) is 0 Å². The van der Waals surface area contributed by atoms with Crippen LogP contribution in [0.15, 0.2) is 58.2 Å². The summed E-state index contributed by atoms with van der Waals surface area (Å²) in [7, 11) is 1.59. The molecule has 3 rings (SSSR count). The van der Waals surface area contributed by atoms with E-state index in [0.717, 1.165) is 22.9 Å². The zero-order valence-electron chi connectivity index (χ0n) is 13.8. The molecule has 0 radical (unpaired) electrons. The molecule has 1 aromatic heterocycles. The molecule has 0 amide bonds. The van der Waals surface area contributed by atoms with Crippen LogP contribution >= 0.6 is 23.4 Å². The molecular formula is C18H15ClN2O4S. The molecule has 0 aliphatic rings. The van der Waals surface area contributed by atoms with Crippen LogP contribution < -0.4 is 4.74 Å². The van der Waals surface area contributed by atoms with Crippen molar-refractivity contribution in [3.05, 3.63) is 59.1 Å². The largest absolute Gasteiger partial charge is 0.497 e. The van der Waals surface area contributed by atoms with Crippen molar-refractivity contribution in [1.82, 2.24) is 10.2 Å². The second-order valence-corrected chi connectivity index (χ2v) is 6.54. The molecule has 0 aliphatic heterocycles. The van der Waals surface area contributed by atoms with Crippen LogP contribution in [0, 0.1) is 0 Å². The van der Waals surface area contributed by atoms with Crippen molar-refractivity contribution < 1.29 is 18.7 Å². The van der Waals surface area contributed by atoms with Crippen LogP contribution in [0.1, 0.15) is 5.56 Å². The third kappa shape index (κ3) is 5.00. The zero-order valence-corrected chi connectivity index (χ0v) is 15.4. The number of hydrogen-bond acceptors (Lipinski definition) is 7. The lowest BCUT2D eigenvalue weighted by molar-refractivity contribution is -0.141. The van der Waals surface area contributed by atoms with E-state index in [4.69, 9.17) is 25.5 Å². The number of hydrogen-bond donors (Lipinski definition) is 0. The average Bonchev–Trinajstić information content (AvgIpc) is 3.14. The topological polar surface area (TPSA) is 74.5 Å². The summed E-state index contributed by atoms with van der Waals surface area (Å²) in [4.78, 5) is 11.9. The summed E-state index contributed by atoms with van der Waals surface area (Å²) in [5.74, 6) is 0.790. The lowest BCUT2D eigenvalue weighted by atomic mass is 10.2. The number of aromatic nitrogens is 2. The number of carbonyl (C=O) groups is 1. The highest BCUT2D eigenvalue weighted by Gasteiger charge is 2.12. The predicted molar refractivity (Wildman–Crippen MR) is 98.3 cm³/mol. The van der Waals surface area contributed by atoms with Crippen LogP contribution in [0.4, 0.5) is 0 Å². The van der Waals surface area contributed by atoms with Gasteiger partial charge < -0.3 is 13.9 Å². The predicted octanol–water partition coefficient (Wildman–Crippen LogP) is 4.23. The molecule has 0 N–H and O–H groups in total. The molecule has 0 bridgehead atoms. The molecule has 6 nitrogen and oxygen atoms in total. The monoisotopic (exact) mass is 390 g/mol. The maximum Gasteiger partial charge on any atom is 0.316 e. The average molecular weight is 391 g/mol. The van der Waals surface area contributed by atoms with Crippen molar-refractivity contribution in [2.75, 3.05) is 12.9 Å². The third-order valence-corrected chi connectivity index (χ3v) is 4.39. The van der Waals surface area contributed by atoms with Crippen molar-refractivity contribution in [3.8, 4) is 17.2 Å². The molecule has 0 unspecified atom stereocenters. The Balaban J connectivity index is 1.49. The van der Waals surface area contributed by atoms with E-state index in [1.165, 1.54) is 0 Å². The fraction of sp³-hybridized carbons (Fsp3) is 0.167. The first-order valence-electron chi connectivity index (χ1n) is 7.65. The number of carbonyl (C=O) groups excluding carboxylic acids is 1. The van der Waals surface area contributed by atoms with Crippen LogP contribution in [0.2, 0.25) is 5.02 Å². The van der Waals surface area contributed by atoms with Gasteiger partial charge in [0.2, 0.25) is 5.89 Å². The molecule has 134 valence electrons. The lowest BCUT2D eigenvalue weighted by Gasteiger charge is -2.05. The van der Waals surface area contributed by atoms with E-state index in [2.05, 4.69) is 10.2 Å². The van der Waals surface area contributed by atoms with E-state index in [9.17, 15) is 4.79 Å². The summed E-state index contributed by atoms with van der Waals surface area (Å²) >= 11 is 6.98. The standard InChI is InChI=1S/C18H15ClN2O4S/c1-23-15-4-2-3-12(9-15)10-24-16(22)11-26-18-21-20-17(25-18)13-5-7-14(19)8-6-13/h2-9H,10-11H2,1H3. The fourth-order valence-corrected chi connectivity index (χ4v) is 2.75. The number of benzene rings is 2. The summed E-state index contributed by atoms with van der Waals surface area (Å²) in [6, 6.07) is 14.4. The summed E-state index contributed by atoms with van der Waals surface area (Å²) < 4.78 is 15.9. The van der Waals surface area contributed by atoms with Gasteiger partial charge in [-0.05, 0) is 42.0 Å². The van der Waals surface area contributed by atoms with E-state index in [-0.39, 0.29) is 18.3 Å². The maximum atomic E-state index is 11.9. The Hall–Kier alpha value is -2.51. The Kier molecular flexibility index (Phi) is 6.14. The molecule has 0 spiro atoms. The van der Waals surface area contributed by atoms with E-state index < -0.39 is 0 Å². The normalized spacial score (nSPS) is 10.5. The van der Waals surface area contributed by atoms with E-state index in [1.54, 1.807) is 31.4 Å². The fourth-order valence-electron chi connectivity index (χ4n) is 2.07. The second-order valence-electron chi connectivity index (χ2n) is 5.18. The van der Waals surface area contributed by atoms with E-state index >= 15 is 0 Å². The Morgan fingerprint density at radius 2 is 2.00 bits per heavy atom. The van der Waals surface area contributed by atoms with Crippen molar-refractivity contribution in [1.29, 1.82) is 0 Å². The first-order valence-corrected chi connectivity index (χ1v) is 9.01. The third-order valence-electron chi connectivity index (χ3n) is 3.35. The van der Waals surface area contributed by atoms with Crippen LogP contribution in [0.25, 0.3) is 11.5 Å². The number of ether oxygens (including phenoxy) is 2. The number of rotatable bonds is 7. The van der Waals surface area contributed by atoms with E-state index in [0.29, 0.717) is 21.9 Å². The van der Waals surface area contributed by atoms with Gasteiger partial charge in [0.05, 0.1) is 7.11 Å². The van der Waals surface area contributed by atoms with Gasteiger partial charge in [-0.1, -0.05) is 35.5 Å². The van der Waals surface area contributed by atoms with Crippen molar-refractivity contribution >= 4 is 29.3 Å². The summed E-state index contributed by atoms with van der Waals surface area (Å²) in [5.41, 5.74) is 1.61. The highest BCUT2D eigenvalue weighted by molar-refractivity contribution is 7.99. The number of nitrogens with zero attached hydrogens (tertiary/aromatic N) is 2. The smallest absolute Gasteiger partial charge is 0.316 e. The van der Waals surface area contributed by atoms with Gasteiger partial charge in [0.15, 0.2) is 0 Å². The van der Waals surface area contributed by atoms with Gasteiger partial charge in [0, 0.05) is 10.6 Å². The molecule has 26 heavy (non-hydrogen) atoms. The van der Waals surface area contributed by atoms with Crippen molar-refractivity contribution in [3.63, 3.8) is 0 Å². The van der Waals surface area contributed by atoms with Crippen molar-refractivity contribution in [2.45, 2.75) is 11.8 Å². The van der Waals surface area contributed by atoms with Gasteiger partial charge in [-0.2, -0.15) is 0 Å². The number of halogens is 1. The molecular weight excluding hydrogens is 376 g/mol. The SMILES string of the molecule is COc1cccc(COC(=O)CSc2nnc(-c3ccc(Cl)cc3)o2)c1. The number of thioether (sulfide) groups is 1.